The number of amides is 2. The molecule has 5 nitrogen and oxygen atoms in total. The molecule has 0 saturated heterocycles. The minimum absolute atomic E-state index is 0.152. The van der Waals surface area contributed by atoms with Crippen LogP contribution in [0.3, 0.4) is 0 Å². The lowest BCUT2D eigenvalue weighted by Crippen LogP contribution is -2.37. The number of nitrogens with zero attached hydrogens (tertiary/aromatic N) is 1. The summed E-state index contributed by atoms with van der Waals surface area (Å²) < 4.78 is 5.49. The van der Waals surface area contributed by atoms with Gasteiger partial charge in [-0.25, -0.2) is 0 Å². The van der Waals surface area contributed by atoms with Gasteiger partial charge in [-0.3, -0.25) is 9.59 Å². The molecule has 0 aliphatic carbocycles. The lowest BCUT2D eigenvalue weighted by Gasteiger charge is -2.28. The van der Waals surface area contributed by atoms with Gasteiger partial charge in [-0.2, -0.15) is 0 Å². The highest BCUT2D eigenvalue weighted by molar-refractivity contribution is 6.04. The largest absolute Gasteiger partial charge is 0.492 e. The zero-order valence-corrected chi connectivity index (χ0v) is 14.3. The van der Waals surface area contributed by atoms with Gasteiger partial charge in [0.2, 0.25) is 11.8 Å². The van der Waals surface area contributed by atoms with Crippen molar-refractivity contribution < 1.29 is 14.3 Å². The molecule has 3 rings (SSSR count). The Hall–Kier alpha value is -2.82. The Morgan fingerprint density at radius 2 is 1.80 bits per heavy atom. The molecule has 1 aliphatic rings. The number of benzene rings is 2. The van der Waals surface area contributed by atoms with E-state index in [1.165, 1.54) is 5.56 Å². The van der Waals surface area contributed by atoms with E-state index in [0.717, 1.165) is 12.0 Å². The van der Waals surface area contributed by atoms with Gasteiger partial charge in [-0.15, -0.1) is 0 Å². The van der Waals surface area contributed by atoms with Gasteiger partial charge in [-0.05, 0) is 36.6 Å². The third-order valence-electron chi connectivity index (χ3n) is 4.26. The van der Waals surface area contributed by atoms with Gasteiger partial charge in [0.25, 0.3) is 0 Å². The molecular formula is C20H22N2O3. The summed E-state index contributed by atoms with van der Waals surface area (Å²) in [6.45, 7) is 3.62. The molecule has 25 heavy (non-hydrogen) atoms. The van der Waals surface area contributed by atoms with E-state index in [1.54, 1.807) is 17.0 Å². The van der Waals surface area contributed by atoms with Crippen molar-refractivity contribution in [2.75, 3.05) is 18.5 Å². The van der Waals surface area contributed by atoms with Crippen LogP contribution in [0, 0.1) is 0 Å². The van der Waals surface area contributed by atoms with E-state index in [4.69, 9.17) is 4.74 Å². The Bertz CT molecular complexity index is 773. The SMILES string of the molecule is CCOc1ccccc1NC(=O)CC(=O)N1CCc2ccccc2C1. The fourth-order valence-corrected chi connectivity index (χ4v) is 3.00. The number of para-hydroxylation sites is 2. The van der Waals surface area contributed by atoms with E-state index in [1.807, 2.05) is 37.3 Å². The average molecular weight is 338 g/mol. The molecule has 0 unspecified atom stereocenters. The van der Waals surface area contributed by atoms with E-state index in [0.29, 0.717) is 31.1 Å². The van der Waals surface area contributed by atoms with Crippen LogP contribution in [-0.2, 0) is 22.6 Å². The summed E-state index contributed by atoms with van der Waals surface area (Å²) in [5, 5.41) is 2.77. The first-order valence-electron chi connectivity index (χ1n) is 8.53. The minimum Gasteiger partial charge on any atom is -0.492 e. The predicted octanol–water partition coefficient (Wildman–Crippen LogP) is 3.00. The maximum atomic E-state index is 12.5. The van der Waals surface area contributed by atoms with Gasteiger partial charge >= 0.3 is 0 Å². The van der Waals surface area contributed by atoms with Gasteiger partial charge in [0.15, 0.2) is 0 Å². The van der Waals surface area contributed by atoms with Crippen molar-refractivity contribution in [1.29, 1.82) is 0 Å². The van der Waals surface area contributed by atoms with E-state index in [-0.39, 0.29) is 18.2 Å². The summed E-state index contributed by atoms with van der Waals surface area (Å²) in [6.07, 6.45) is 0.666. The smallest absolute Gasteiger partial charge is 0.233 e. The second-order valence-electron chi connectivity index (χ2n) is 5.99. The summed E-state index contributed by atoms with van der Waals surface area (Å²) in [5.41, 5.74) is 3.02. The Balaban J connectivity index is 1.59. The molecule has 1 heterocycles. The molecule has 0 bridgehead atoms. The zero-order chi connectivity index (χ0) is 17.6. The van der Waals surface area contributed by atoms with Crippen molar-refractivity contribution >= 4 is 17.5 Å². The quantitative estimate of drug-likeness (QED) is 0.853. The molecule has 0 radical (unpaired) electrons. The molecule has 0 saturated carbocycles. The summed E-state index contributed by atoms with van der Waals surface area (Å²) in [6, 6.07) is 15.3. The zero-order valence-electron chi connectivity index (χ0n) is 14.3. The average Bonchev–Trinajstić information content (AvgIpc) is 2.63. The third-order valence-corrected chi connectivity index (χ3v) is 4.26. The summed E-state index contributed by atoms with van der Waals surface area (Å²) in [5.74, 6) is 0.134. The molecule has 2 amide bonds. The fourth-order valence-electron chi connectivity index (χ4n) is 3.00. The summed E-state index contributed by atoms with van der Waals surface area (Å²) >= 11 is 0. The number of ether oxygens (including phenoxy) is 1. The first-order valence-corrected chi connectivity index (χ1v) is 8.53. The lowest BCUT2D eigenvalue weighted by molar-refractivity contribution is -0.135. The maximum Gasteiger partial charge on any atom is 0.233 e. The Morgan fingerprint density at radius 1 is 1.08 bits per heavy atom. The number of fused-ring (bicyclic) bond motifs is 1. The van der Waals surface area contributed by atoms with Crippen LogP contribution in [0.4, 0.5) is 5.69 Å². The van der Waals surface area contributed by atoms with Crippen molar-refractivity contribution in [1.82, 2.24) is 4.90 Å². The van der Waals surface area contributed by atoms with Crippen molar-refractivity contribution in [3.05, 3.63) is 59.7 Å². The normalized spacial score (nSPS) is 13.1. The summed E-state index contributed by atoms with van der Waals surface area (Å²) in [7, 11) is 0. The van der Waals surface area contributed by atoms with Crippen LogP contribution in [0.15, 0.2) is 48.5 Å². The monoisotopic (exact) mass is 338 g/mol. The first kappa shape index (κ1) is 17.0. The van der Waals surface area contributed by atoms with Crippen LogP contribution in [0.25, 0.3) is 0 Å². The van der Waals surface area contributed by atoms with Crippen molar-refractivity contribution in [2.45, 2.75) is 26.3 Å². The van der Waals surface area contributed by atoms with Gasteiger partial charge < -0.3 is 15.0 Å². The van der Waals surface area contributed by atoms with Gasteiger partial charge in [0, 0.05) is 13.1 Å². The highest BCUT2D eigenvalue weighted by Crippen LogP contribution is 2.24. The van der Waals surface area contributed by atoms with E-state index in [2.05, 4.69) is 11.4 Å². The predicted molar refractivity (Wildman–Crippen MR) is 96.4 cm³/mol. The van der Waals surface area contributed by atoms with Crippen molar-refractivity contribution in [3.63, 3.8) is 0 Å². The van der Waals surface area contributed by atoms with E-state index < -0.39 is 0 Å². The number of hydrogen-bond acceptors (Lipinski definition) is 3. The second-order valence-corrected chi connectivity index (χ2v) is 5.99. The van der Waals surface area contributed by atoms with Gasteiger partial charge in [0.05, 0.1) is 12.3 Å². The standard InChI is InChI=1S/C20H22N2O3/c1-2-25-18-10-6-5-9-17(18)21-19(23)13-20(24)22-12-11-15-7-3-4-8-16(15)14-22/h3-10H,2,11-14H2,1H3,(H,21,23). The third kappa shape index (κ3) is 4.18. The van der Waals surface area contributed by atoms with Crippen molar-refractivity contribution in [3.8, 4) is 5.75 Å². The van der Waals surface area contributed by atoms with Crippen LogP contribution >= 0.6 is 0 Å². The van der Waals surface area contributed by atoms with Crippen LogP contribution in [0.5, 0.6) is 5.75 Å². The minimum atomic E-state index is -0.323. The van der Waals surface area contributed by atoms with Crippen LogP contribution in [0.2, 0.25) is 0 Å². The number of carbonyl (C=O) groups is 2. The molecule has 2 aromatic rings. The number of carbonyl (C=O) groups excluding carboxylic acids is 2. The van der Waals surface area contributed by atoms with E-state index in [9.17, 15) is 9.59 Å². The van der Waals surface area contributed by atoms with Gasteiger partial charge in [0.1, 0.15) is 12.2 Å². The topological polar surface area (TPSA) is 58.6 Å². The van der Waals surface area contributed by atoms with E-state index >= 15 is 0 Å². The number of anilines is 1. The summed E-state index contributed by atoms with van der Waals surface area (Å²) in [4.78, 5) is 26.5. The van der Waals surface area contributed by atoms with Crippen LogP contribution in [-0.4, -0.2) is 29.9 Å². The van der Waals surface area contributed by atoms with Gasteiger partial charge in [-0.1, -0.05) is 36.4 Å². The Kier molecular flexibility index (Phi) is 5.33. The highest BCUT2D eigenvalue weighted by Gasteiger charge is 2.22. The maximum absolute atomic E-state index is 12.5. The van der Waals surface area contributed by atoms with Crippen LogP contribution in [0.1, 0.15) is 24.5 Å². The molecule has 0 atom stereocenters. The molecule has 130 valence electrons. The molecule has 1 aliphatic heterocycles. The first-order chi connectivity index (χ1) is 12.2. The molecule has 2 aromatic carbocycles. The van der Waals surface area contributed by atoms with Crippen LogP contribution < -0.4 is 10.1 Å². The van der Waals surface area contributed by atoms with Crippen molar-refractivity contribution in [2.24, 2.45) is 0 Å². The molecule has 1 N–H and O–H groups in total. The molecular weight excluding hydrogens is 316 g/mol. The molecule has 5 heteroatoms. The Morgan fingerprint density at radius 3 is 2.60 bits per heavy atom. The number of rotatable bonds is 5. The fraction of sp³-hybridized carbons (Fsp3) is 0.300. The second kappa shape index (κ2) is 7.83. The number of nitrogens with one attached hydrogen (secondary N) is 1. The molecule has 0 fully saturated rings. The lowest BCUT2D eigenvalue weighted by atomic mass is 10.00. The number of hydrogen-bond donors (Lipinski definition) is 1. The molecule has 0 spiro atoms. The highest BCUT2D eigenvalue weighted by atomic mass is 16.5. The Labute approximate surface area is 147 Å². The molecule has 0 aromatic heterocycles.